The Morgan fingerprint density at radius 1 is 0.906 bits per heavy atom. The standard InChI is InChI=1S/C28H26N2O2/c1-20-13-14-24(21(2)15-20)17-28(31)30-29-18-22-7-5-11-26(16-22)32-19-25-10-6-9-23-8-3-4-12-27(23)25/h3-16,18H,17,19H2,1-2H3,(H,30,31)/b29-18+. The van der Waals surface area contributed by atoms with Gasteiger partial charge in [0, 0.05) is 0 Å². The zero-order valence-corrected chi connectivity index (χ0v) is 18.3. The van der Waals surface area contributed by atoms with Gasteiger partial charge >= 0.3 is 0 Å². The Hall–Kier alpha value is -3.92. The number of nitrogens with one attached hydrogen (secondary N) is 1. The summed E-state index contributed by atoms with van der Waals surface area (Å²) in [6, 6.07) is 28.3. The molecule has 0 saturated carbocycles. The van der Waals surface area contributed by atoms with Crippen LogP contribution in [0.1, 0.15) is 27.8 Å². The highest BCUT2D eigenvalue weighted by molar-refractivity contribution is 5.86. The highest BCUT2D eigenvalue weighted by atomic mass is 16.5. The largest absolute Gasteiger partial charge is 0.489 e. The molecule has 1 amide bonds. The number of hydrazone groups is 1. The number of rotatable bonds is 7. The van der Waals surface area contributed by atoms with Crippen molar-refractivity contribution in [1.29, 1.82) is 0 Å². The highest BCUT2D eigenvalue weighted by Gasteiger charge is 2.05. The number of ether oxygens (including phenoxy) is 1. The molecule has 0 bridgehead atoms. The minimum Gasteiger partial charge on any atom is -0.489 e. The fraction of sp³-hybridized carbons (Fsp3) is 0.143. The van der Waals surface area contributed by atoms with Crippen LogP contribution in [-0.4, -0.2) is 12.1 Å². The van der Waals surface area contributed by atoms with Gasteiger partial charge in [0.25, 0.3) is 0 Å². The van der Waals surface area contributed by atoms with Crippen molar-refractivity contribution >= 4 is 22.9 Å². The molecule has 0 atom stereocenters. The zero-order valence-electron chi connectivity index (χ0n) is 18.3. The molecule has 1 N–H and O–H groups in total. The molecule has 4 heteroatoms. The number of nitrogens with zero attached hydrogens (tertiary/aromatic N) is 1. The number of amides is 1. The van der Waals surface area contributed by atoms with E-state index >= 15 is 0 Å². The molecule has 4 aromatic carbocycles. The maximum Gasteiger partial charge on any atom is 0.244 e. The van der Waals surface area contributed by atoms with Crippen LogP contribution in [-0.2, 0) is 17.8 Å². The Morgan fingerprint density at radius 2 is 1.72 bits per heavy atom. The molecule has 32 heavy (non-hydrogen) atoms. The second-order valence-electron chi connectivity index (χ2n) is 7.90. The van der Waals surface area contributed by atoms with Crippen molar-refractivity contribution in [2.75, 3.05) is 0 Å². The summed E-state index contributed by atoms with van der Waals surface area (Å²) in [6.45, 7) is 4.54. The number of aryl methyl sites for hydroxylation is 2. The van der Waals surface area contributed by atoms with Gasteiger partial charge in [-0.1, -0.05) is 78.4 Å². The number of carbonyl (C=O) groups excluding carboxylic acids is 1. The second-order valence-corrected chi connectivity index (χ2v) is 7.90. The molecule has 0 radical (unpaired) electrons. The van der Waals surface area contributed by atoms with Crippen LogP contribution in [0, 0.1) is 13.8 Å². The van der Waals surface area contributed by atoms with Gasteiger partial charge in [0.15, 0.2) is 0 Å². The number of fused-ring (bicyclic) bond motifs is 1. The van der Waals surface area contributed by atoms with Crippen LogP contribution in [0.3, 0.4) is 0 Å². The van der Waals surface area contributed by atoms with Gasteiger partial charge in [-0.25, -0.2) is 5.43 Å². The van der Waals surface area contributed by atoms with Gasteiger partial charge in [0.05, 0.1) is 12.6 Å². The van der Waals surface area contributed by atoms with E-state index in [4.69, 9.17) is 4.74 Å². The Morgan fingerprint density at radius 3 is 2.59 bits per heavy atom. The Bertz CT molecular complexity index is 1270. The third kappa shape index (κ3) is 5.41. The lowest BCUT2D eigenvalue weighted by molar-refractivity contribution is -0.120. The fourth-order valence-electron chi connectivity index (χ4n) is 3.70. The third-order valence-corrected chi connectivity index (χ3v) is 5.38. The Labute approximate surface area is 188 Å². The molecule has 4 rings (SSSR count). The topological polar surface area (TPSA) is 50.7 Å². The van der Waals surface area contributed by atoms with Gasteiger partial charge in [0.1, 0.15) is 12.4 Å². The van der Waals surface area contributed by atoms with Gasteiger partial charge in [-0.15, -0.1) is 0 Å². The molecule has 0 aliphatic rings. The summed E-state index contributed by atoms with van der Waals surface area (Å²) in [5, 5.41) is 6.50. The van der Waals surface area contributed by atoms with Gasteiger partial charge in [-0.2, -0.15) is 5.10 Å². The van der Waals surface area contributed by atoms with Crippen molar-refractivity contribution in [3.63, 3.8) is 0 Å². The monoisotopic (exact) mass is 422 g/mol. The lowest BCUT2D eigenvalue weighted by atomic mass is 10.0. The van der Waals surface area contributed by atoms with Crippen LogP contribution in [0.25, 0.3) is 10.8 Å². The predicted octanol–water partition coefficient (Wildman–Crippen LogP) is 5.73. The first kappa shape index (κ1) is 21.3. The van der Waals surface area contributed by atoms with E-state index in [0.717, 1.165) is 28.0 Å². The lowest BCUT2D eigenvalue weighted by Gasteiger charge is -2.09. The van der Waals surface area contributed by atoms with Crippen molar-refractivity contribution in [3.8, 4) is 5.75 Å². The van der Waals surface area contributed by atoms with Crippen LogP contribution in [0.4, 0.5) is 0 Å². The van der Waals surface area contributed by atoms with E-state index < -0.39 is 0 Å². The average molecular weight is 423 g/mol. The van der Waals surface area contributed by atoms with Crippen LogP contribution in [0.2, 0.25) is 0 Å². The lowest BCUT2D eigenvalue weighted by Crippen LogP contribution is -2.20. The van der Waals surface area contributed by atoms with E-state index in [1.165, 1.54) is 16.3 Å². The molecular formula is C28H26N2O2. The molecular weight excluding hydrogens is 396 g/mol. The van der Waals surface area contributed by atoms with Gasteiger partial charge in [-0.05, 0) is 59.0 Å². The maximum absolute atomic E-state index is 12.2. The number of carbonyl (C=O) groups is 1. The molecule has 0 spiro atoms. The molecule has 0 aliphatic carbocycles. The quantitative estimate of drug-likeness (QED) is 0.305. The summed E-state index contributed by atoms with van der Waals surface area (Å²) in [5.74, 6) is 0.611. The van der Waals surface area contributed by atoms with Gasteiger partial charge in [-0.3, -0.25) is 4.79 Å². The van der Waals surface area contributed by atoms with E-state index in [0.29, 0.717) is 13.0 Å². The molecule has 0 aromatic heterocycles. The number of hydrogen-bond donors (Lipinski definition) is 1. The van der Waals surface area contributed by atoms with Crippen LogP contribution in [0.15, 0.2) is 90.0 Å². The predicted molar refractivity (Wildman–Crippen MR) is 130 cm³/mol. The number of benzene rings is 4. The smallest absolute Gasteiger partial charge is 0.244 e. The van der Waals surface area contributed by atoms with Crippen molar-refractivity contribution in [1.82, 2.24) is 5.43 Å². The number of hydrogen-bond acceptors (Lipinski definition) is 3. The highest BCUT2D eigenvalue weighted by Crippen LogP contribution is 2.21. The van der Waals surface area contributed by atoms with E-state index in [1.54, 1.807) is 6.21 Å². The molecule has 0 saturated heterocycles. The Kier molecular flexibility index (Phi) is 6.61. The minimum atomic E-state index is -0.142. The van der Waals surface area contributed by atoms with Crippen molar-refractivity contribution in [3.05, 3.63) is 113 Å². The van der Waals surface area contributed by atoms with E-state index in [-0.39, 0.29) is 5.91 Å². The first-order chi connectivity index (χ1) is 15.6. The molecule has 4 aromatic rings. The van der Waals surface area contributed by atoms with Crippen LogP contribution < -0.4 is 10.2 Å². The summed E-state index contributed by atoms with van der Waals surface area (Å²) >= 11 is 0. The van der Waals surface area contributed by atoms with E-state index in [9.17, 15) is 4.79 Å². The average Bonchev–Trinajstić information content (AvgIpc) is 2.80. The summed E-state index contributed by atoms with van der Waals surface area (Å²) < 4.78 is 6.02. The van der Waals surface area contributed by atoms with Gasteiger partial charge < -0.3 is 4.74 Å². The fourth-order valence-corrected chi connectivity index (χ4v) is 3.70. The second kappa shape index (κ2) is 9.92. The van der Waals surface area contributed by atoms with Gasteiger partial charge in [0.2, 0.25) is 5.91 Å². The molecule has 0 fully saturated rings. The molecule has 160 valence electrons. The van der Waals surface area contributed by atoms with Crippen molar-refractivity contribution in [2.45, 2.75) is 26.9 Å². The van der Waals surface area contributed by atoms with Crippen LogP contribution in [0.5, 0.6) is 5.75 Å². The first-order valence-corrected chi connectivity index (χ1v) is 10.7. The minimum absolute atomic E-state index is 0.142. The third-order valence-electron chi connectivity index (χ3n) is 5.38. The van der Waals surface area contributed by atoms with Crippen molar-refractivity contribution < 1.29 is 9.53 Å². The van der Waals surface area contributed by atoms with Crippen molar-refractivity contribution in [2.24, 2.45) is 5.10 Å². The summed E-state index contributed by atoms with van der Waals surface area (Å²) in [5.41, 5.74) is 7.91. The summed E-state index contributed by atoms with van der Waals surface area (Å²) in [6.07, 6.45) is 1.93. The molecule has 0 unspecified atom stereocenters. The zero-order chi connectivity index (χ0) is 22.3. The summed E-state index contributed by atoms with van der Waals surface area (Å²) in [7, 11) is 0. The molecule has 0 aliphatic heterocycles. The van der Waals surface area contributed by atoms with E-state index in [1.807, 2.05) is 68.4 Å². The van der Waals surface area contributed by atoms with E-state index in [2.05, 4.69) is 40.9 Å². The Balaban J connectivity index is 1.35. The maximum atomic E-state index is 12.2. The summed E-state index contributed by atoms with van der Waals surface area (Å²) in [4.78, 5) is 12.2. The first-order valence-electron chi connectivity index (χ1n) is 10.7. The van der Waals surface area contributed by atoms with Crippen LogP contribution >= 0.6 is 0 Å². The normalized spacial score (nSPS) is 11.1. The SMILES string of the molecule is Cc1ccc(CC(=O)N/N=C/c2cccc(OCc3cccc4ccccc34)c2)c(C)c1. The molecule has 0 heterocycles. The molecule has 4 nitrogen and oxygen atoms in total.